The van der Waals surface area contributed by atoms with Crippen molar-refractivity contribution < 1.29 is 4.79 Å². The minimum absolute atomic E-state index is 0.0751. The summed E-state index contributed by atoms with van der Waals surface area (Å²) in [4.78, 5) is 17.4. The fourth-order valence-electron chi connectivity index (χ4n) is 3.16. The number of hydrogen-bond acceptors (Lipinski definition) is 4. The van der Waals surface area contributed by atoms with E-state index in [0.29, 0.717) is 12.5 Å². The second-order valence-corrected chi connectivity index (χ2v) is 6.93. The Balaban J connectivity index is 1.46. The highest BCUT2D eigenvalue weighted by Gasteiger charge is 2.28. The average Bonchev–Trinajstić information content (AvgIpc) is 3.33. The molecule has 0 saturated heterocycles. The van der Waals surface area contributed by atoms with Crippen LogP contribution in [0.15, 0.2) is 30.2 Å². The number of aryl methyl sites for hydroxylation is 1. The molecule has 1 fully saturated rings. The number of hydrogen-bond donors (Lipinski definition) is 2. The lowest BCUT2D eigenvalue weighted by atomic mass is 9.97. The summed E-state index contributed by atoms with van der Waals surface area (Å²) in [5.41, 5.74) is 0. The number of nitrogens with one attached hydrogen (secondary N) is 2. The molecule has 1 aliphatic rings. The first kappa shape index (κ1) is 16.0. The normalized spacial score (nSPS) is 16.3. The summed E-state index contributed by atoms with van der Waals surface area (Å²) in [6, 6.07) is 4.25. The van der Waals surface area contributed by atoms with Gasteiger partial charge in [-0.25, -0.2) is 9.78 Å². The summed E-state index contributed by atoms with van der Waals surface area (Å²) < 4.78 is 1.77. The van der Waals surface area contributed by atoms with Crippen molar-refractivity contribution in [2.24, 2.45) is 5.92 Å². The maximum atomic E-state index is 12.2. The summed E-state index contributed by atoms with van der Waals surface area (Å²) in [5, 5.41) is 12.3. The van der Waals surface area contributed by atoms with Gasteiger partial charge in [-0.3, -0.25) is 4.68 Å². The van der Waals surface area contributed by atoms with Gasteiger partial charge in [-0.1, -0.05) is 18.9 Å². The van der Waals surface area contributed by atoms with Gasteiger partial charge >= 0.3 is 6.03 Å². The van der Waals surface area contributed by atoms with E-state index in [9.17, 15) is 4.79 Å². The highest BCUT2D eigenvalue weighted by molar-refractivity contribution is 7.10. The standard InChI is InChI=1S/C16H23N5OS/c22-16(18-8-4-9-21-12-17-11-19-21)20-15(13-5-1-2-6-13)14-7-3-10-23-14/h3,7,10-13,15H,1-2,4-6,8-9H2,(H2,18,20,22). The van der Waals surface area contributed by atoms with Crippen molar-refractivity contribution in [3.63, 3.8) is 0 Å². The molecule has 124 valence electrons. The van der Waals surface area contributed by atoms with Crippen molar-refractivity contribution in [2.45, 2.75) is 44.7 Å². The van der Waals surface area contributed by atoms with Gasteiger partial charge in [0, 0.05) is 18.0 Å². The molecule has 2 aromatic heterocycles. The van der Waals surface area contributed by atoms with Crippen LogP contribution in [0.3, 0.4) is 0 Å². The lowest BCUT2D eigenvalue weighted by Gasteiger charge is -2.24. The number of nitrogens with zero attached hydrogens (tertiary/aromatic N) is 3. The number of aromatic nitrogens is 3. The molecule has 0 aliphatic heterocycles. The SMILES string of the molecule is O=C(NCCCn1cncn1)NC(c1cccs1)C1CCCC1. The van der Waals surface area contributed by atoms with Crippen LogP contribution in [0.1, 0.15) is 43.0 Å². The molecule has 6 nitrogen and oxygen atoms in total. The van der Waals surface area contributed by atoms with Gasteiger partial charge in [0.2, 0.25) is 0 Å². The van der Waals surface area contributed by atoms with Crippen molar-refractivity contribution >= 4 is 17.4 Å². The van der Waals surface area contributed by atoms with Crippen molar-refractivity contribution in [1.29, 1.82) is 0 Å². The van der Waals surface area contributed by atoms with Gasteiger partial charge in [0.15, 0.2) is 0 Å². The second kappa shape index (κ2) is 8.10. The van der Waals surface area contributed by atoms with Crippen LogP contribution < -0.4 is 10.6 Å². The molecule has 0 spiro atoms. The first-order chi connectivity index (χ1) is 11.3. The fourth-order valence-corrected chi connectivity index (χ4v) is 4.03. The third kappa shape index (κ3) is 4.54. The molecule has 7 heteroatoms. The minimum atomic E-state index is -0.0751. The van der Waals surface area contributed by atoms with E-state index < -0.39 is 0 Å². The van der Waals surface area contributed by atoms with E-state index in [1.165, 1.54) is 36.9 Å². The molecule has 1 atom stereocenters. The van der Waals surface area contributed by atoms with Gasteiger partial charge in [0.25, 0.3) is 0 Å². The Kier molecular flexibility index (Phi) is 5.63. The van der Waals surface area contributed by atoms with Gasteiger partial charge in [-0.05, 0) is 36.6 Å². The quantitative estimate of drug-likeness (QED) is 0.765. The van der Waals surface area contributed by atoms with E-state index in [4.69, 9.17) is 0 Å². The Morgan fingerprint density at radius 2 is 2.30 bits per heavy atom. The number of thiophene rings is 1. The van der Waals surface area contributed by atoms with Crippen LogP contribution in [0.5, 0.6) is 0 Å². The van der Waals surface area contributed by atoms with Crippen molar-refractivity contribution in [1.82, 2.24) is 25.4 Å². The molecule has 23 heavy (non-hydrogen) atoms. The van der Waals surface area contributed by atoms with Gasteiger partial charge in [0.05, 0.1) is 6.04 Å². The summed E-state index contributed by atoms with van der Waals surface area (Å²) in [6.07, 6.45) is 9.00. The highest BCUT2D eigenvalue weighted by atomic mass is 32.1. The molecule has 0 radical (unpaired) electrons. The first-order valence-corrected chi connectivity index (χ1v) is 9.11. The van der Waals surface area contributed by atoms with Crippen LogP contribution in [-0.4, -0.2) is 27.3 Å². The second-order valence-electron chi connectivity index (χ2n) is 5.95. The van der Waals surface area contributed by atoms with E-state index in [1.54, 1.807) is 22.3 Å². The van der Waals surface area contributed by atoms with Crippen molar-refractivity contribution in [2.75, 3.05) is 6.54 Å². The van der Waals surface area contributed by atoms with Crippen LogP contribution in [0.25, 0.3) is 0 Å². The Morgan fingerprint density at radius 3 is 3.00 bits per heavy atom. The Morgan fingerprint density at radius 1 is 1.43 bits per heavy atom. The molecule has 2 aromatic rings. The highest BCUT2D eigenvalue weighted by Crippen LogP contribution is 2.37. The minimum Gasteiger partial charge on any atom is -0.338 e. The smallest absolute Gasteiger partial charge is 0.315 e. The Bertz CT molecular complexity index is 578. The molecule has 0 aromatic carbocycles. The van der Waals surface area contributed by atoms with Crippen molar-refractivity contribution in [3.8, 4) is 0 Å². The monoisotopic (exact) mass is 333 g/mol. The van der Waals surface area contributed by atoms with Crippen molar-refractivity contribution in [3.05, 3.63) is 35.0 Å². The Labute approximate surface area is 140 Å². The van der Waals surface area contributed by atoms with E-state index in [-0.39, 0.29) is 12.1 Å². The summed E-state index contributed by atoms with van der Waals surface area (Å²) in [7, 11) is 0. The average molecular weight is 333 g/mol. The molecule has 2 N–H and O–H groups in total. The zero-order valence-corrected chi connectivity index (χ0v) is 14.0. The first-order valence-electron chi connectivity index (χ1n) is 8.23. The molecular weight excluding hydrogens is 310 g/mol. The maximum Gasteiger partial charge on any atom is 0.315 e. The summed E-state index contributed by atoms with van der Waals surface area (Å²) in [6.45, 7) is 1.39. The molecule has 1 aliphatic carbocycles. The lowest BCUT2D eigenvalue weighted by Crippen LogP contribution is -2.40. The van der Waals surface area contributed by atoms with Crippen LogP contribution in [0, 0.1) is 5.92 Å². The predicted octanol–water partition coefficient (Wildman–Crippen LogP) is 2.96. The van der Waals surface area contributed by atoms with Crippen LogP contribution in [0.2, 0.25) is 0 Å². The van der Waals surface area contributed by atoms with E-state index in [0.717, 1.165) is 13.0 Å². The fraction of sp³-hybridized carbons (Fsp3) is 0.562. The van der Waals surface area contributed by atoms with E-state index >= 15 is 0 Å². The number of rotatable bonds is 7. The Hall–Kier alpha value is -1.89. The molecule has 1 unspecified atom stereocenters. The summed E-state index contributed by atoms with van der Waals surface area (Å²) in [5.74, 6) is 0.564. The van der Waals surface area contributed by atoms with E-state index in [2.05, 4.69) is 38.2 Å². The zero-order valence-electron chi connectivity index (χ0n) is 13.1. The van der Waals surface area contributed by atoms with Gasteiger partial charge in [-0.2, -0.15) is 5.10 Å². The number of amides is 2. The maximum absolute atomic E-state index is 12.2. The molecule has 2 heterocycles. The van der Waals surface area contributed by atoms with Crippen LogP contribution in [0.4, 0.5) is 4.79 Å². The molecule has 1 saturated carbocycles. The topological polar surface area (TPSA) is 71.8 Å². The predicted molar refractivity (Wildman–Crippen MR) is 90.2 cm³/mol. The third-order valence-corrected chi connectivity index (χ3v) is 5.28. The van der Waals surface area contributed by atoms with Crippen LogP contribution >= 0.6 is 11.3 Å². The molecule has 0 bridgehead atoms. The zero-order chi connectivity index (χ0) is 15.9. The van der Waals surface area contributed by atoms with Crippen LogP contribution in [-0.2, 0) is 6.54 Å². The van der Waals surface area contributed by atoms with E-state index in [1.807, 2.05) is 0 Å². The summed E-state index contributed by atoms with van der Waals surface area (Å²) >= 11 is 1.73. The number of carbonyl (C=O) groups is 1. The molecule has 3 rings (SSSR count). The lowest BCUT2D eigenvalue weighted by molar-refractivity contribution is 0.231. The van der Waals surface area contributed by atoms with Gasteiger partial charge in [-0.15, -0.1) is 11.3 Å². The molecular formula is C16H23N5OS. The third-order valence-electron chi connectivity index (χ3n) is 4.32. The molecule has 2 amide bonds. The number of urea groups is 1. The number of carbonyl (C=O) groups excluding carboxylic acids is 1. The van der Waals surface area contributed by atoms with Gasteiger partial charge in [0.1, 0.15) is 12.7 Å². The van der Waals surface area contributed by atoms with Gasteiger partial charge < -0.3 is 10.6 Å². The largest absolute Gasteiger partial charge is 0.338 e.